The second-order valence-corrected chi connectivity index (χ2v) is 4.43. The van der Waals surface area contributed by atoms with E-state index in [4.69, 9.17) is 9.47 Å². The number of rotatable bonds is 4. The number of benzene rings is 1. The van der Waals surface area contributed by atoms with Gasteiger partial charge in [0.2, 0.25) is 0 Å². The van der Waals surface area contributed by atoms with Crippen LogP contribution in [0.1, 0.15) is 12.8 Å². The largest absolute Gasteiger partial charge is 0.482 e. The van der Waals surface area contributed by atoms with Gasteiger partial charge in [-0.1, -0.05) is 12.1 Å². The third kappa shape index (κ3) is 4.63. The molecule has 1 saturated heterocycles. The number of hydrogen-bond donors (Lipinski definition) is 1. The van der Waals surface area contributed by atoms with Crippen molar-refractivity contribution in [3.63, 3.8) is 0 Å². The standard InChI is InChI=1S/C13H16F3NO2/c14-13(15,16)9-19-12-4-2-1-3-11(12)17-10-5-7-18-8-6-10/h1-4,10,17H,5-9H2. The lowest BCUT2D eigenvalue weighted by molar-refractivity contribution is -0.153. The summed E-state index contributed by atoms with van der Waals surface area (Å²) in [7, 11) is 0. The molecule has 0 unspecified atom stereocenters. The van der Waals surface area contributed by atoms with Crippen LogP contribution in [0.25, 0.3) is 0 Å². The molecule has 0 aromatic heterocycles. The number of hydrogen-bond acceptors (Lipinski definition) is 3. The van der Waals surface area contributed by atoms with Gasteiger partial charge in [-0.3, -0.25) is 0 Å². The third-order valence-electron chi connectivity index (χ3n) is 2.86. The van der Waals surface area contributed by atoms with Crippen molar-refractivity contribution in [1.29, 1.82) is 0 Å². The van der Waals surface area contributed by atoms with E-state index in [0.29, 0.717) is 18.9 Å². The highest BCUT2D eigenvalue weighted by molar-refractivity contribution is 5.56. The Morgan fingerprint density at radius 3 is 2.58 bits per heavy atom. The zero-order valence-electron chi connectivity index (χ0n) is 10.4. The molecule has 0 bridgehead atoms. The minimum Gasteiger partial charge on any atom is -0.482 e. The number of alkyl halides is 3. The summed E-state index contributed by atoms with van der Waals surface area (Å²) in [6, 6.07) is 6.89. The molecule has 1 heterocycles. The molecule has 1 aromatic rings. The summed E-state index contributed by atoms with van der Waals surface area (Å²) >= 11 is 0. The van der Waals surface area contributed by atoms with Gasteiger partial charge >= 0.3 is 6.18 Å². The SMILES string of the molecule is FC(F)(F)COc1ccccc1NC1CCOCC1. The van der Waals surface area contributed by atoms with Crippen molar-refractivity contribution >= 4 is 5.69 Å². The molecule has 0 amide bonds. The molecule has 0 aliphatic carbocycles. The number of nitrogens with one attached hydrogen (secondary N) is 1. The van der Waals surface area contributed by atoms with Crippen LogP contribution in [0.2, 0.25) is 0 Å². The van der Waals surface area contributed by atoms with Crippen LogP contribution in [-0.2, 0) is 4.74 Å². The Morgan fingerprint density at radius 1 is 1.21 bits per heavy atom. The van der Waals surface area contributed by atoms with Gasteiger partial charge in [-0.25, -0.2) is 0 Å². The Bertz CT molecular complexity index is 403. The van der Waals surface area contributed by atoms with Gasteiger partial charge in [0.25, 0.3) is 0 Å². The van der Waals surface area contributed by atoms with Crippen LogP contribution in [0.15, 0.2) is 24.3 Å². The number of para-hydroxylation sites is 2. The van der Waals surface area contributed by atoms with Crippen molar-refractivity contribution in [3.05, 3.63) is 24.3 Å². The van der Waals surface area contributed by atoms with Gasteiger partial charge in [-0.2, -0.15) is 13.2 Å². The maximum Gasteiger partial charge on any atom is 0.422 e. The van der Waals surface area contributed by atoms with E-state index in [1.165, 1.54) is 6.07 Å². The van der Waals surface area contributed by atoms with E-state index in [9.17, 15) is 13.2 Å². The molecule has 2 rings (SSSR count). The fourth-order valence-electron chi connectivity index (χ4n) is 1.93. The monoisotopic (exact) mass is 275 g/mol. The van der Waals surface area contributed by atoms with Gasteiger partial charge in [-0.15, -0.1) is 0 Å². The summed E-state index contributed by atoms with van der Waals surface area (Å²) in [4.78, 5) is 0. The smallest absolute Gasteiger partial charge is 0.422 e. The summed E-state index contributed by atoms with van der Waals surface area (Å²) < 4.78 is 46.6. The van der Waals surface area contributed by atoms with Gasteiger partial charge < -0.3 is 14.8 Å². The topological polar surface area (TPSA) is 30.5 Å². The Labute approximate surface area is 109 Å². The first-order chi connectivity index (χ1) is 9.04. The van der Waals surface area contributed by atoms with Crippen LogP contribution in [0.4, 0.5) is 18.9 Å². The number of ether oxygens (including phenoxy) is 2. The summed E-state index contributed by atoms with van der Waals surface area (Å²) in [5.74, 6) is 0.228. The predicted octanol–water partition coefficient (Wildman–Crippen LogP) is 3.22. The molecule has 1 aliphatic rings. The maximum atomic E-state index is 12.2. The van der Waals surface area contributed by atoms with Crippen molar-refractivity contribution in [1.82, 2.24) is 0 Å². The highest BCUT2D eigenvalue weighted by Gasteiger charge is 2.29. The van der Waals surface area contributed by atoms with E-state index in [-0.39, 0.29) is 11.8 Å². The maximum absolute atomic E-state index is 12.2. The molecule has 0 spiro atoms. The molecule has 1 aliphatic heterocycles. The zero-order valence-corrected chi connectivity index (χ0v) is 10.4. The highest BCUT2D eigenvalue weighted by Crippen LogP contribution is 2.28. The number of anilines is 1. The Kier molecular flexibility index (Phi) is 4.52. The van der Waals surface area contributed by atoms with Gasteiger partial charge in [0.05, 0.1) is 5.69 Å². The minimum atomic E-state index is -4.33. The first-order valence-electron chi connectivity index (χ1n) is 6.17. The summed E-state index contributed by atoms with van der Waals surface area (Å²) in [6.07, 6.45) is -2.65. The van der Waals surface area contributed by atoms with Crippen molar-refractivity contribution in [2.24, 2.45) is 0 Å². The normalized spacial score (nSPS) is 17.2. The van der Waals surface area contributed by atoms with Crippen molar-refractivity contribution in [2.75, 3.05) is 25.1 Å². The molecule has 0 radical (unpaired) electrons. The van der Waals surface area contributed by atoms with Crippen LogP contribution < -0.4 is 10.1 Å². The molecular formula is C13H16F3NO2. The summed E-state index contributed by atoms with van der Waals surface area (Å²) in [5, 5.41) is 3.21. The molecule has 6 heteroatoms. The van der Waals surface area contributed by atoms with Crippen LogP contribution in [0, 0.1) is 0 Å². The van der Waals surface area contributed by atoms with Gasteiger partial charge in [0, 0.05) is 19.3 Å². The average Bonchev–Trinajstić information content (AvgIpc) is 2.38. The predicted molar refractivity (Wildman–Crippen MR) is 65.5 cm³/mol. The van der Waals surface area contributed by atoms with E-state index in [1.807, 2.05) is 0 Å². The van der Waals surface area contributed by atoms with Crippen molar-refractivity contribution in [3.8, 4) is 5.75 Å². The Balaban J connectivity index is 1.99. The molecule has 0 atom stereocenters. The molecule has 0 saturated carbocycles. The lowest BCUT2D eigenvalue weighted by atomic mass is 10.1. The first kappa shape index (κ1) is 14.0. The molecule has 106 valence electrons. The molecule has 1 fully saturated rings. The van der Waals surface area contributed by atoms with E-state index in [1.54, 1.807) is 18.2 Å². The quantitative estimate of drug-likeness (QED) is 0.915. The van der Waals surface area contributed by atoms with Crippen LogP contribution in [0.5, 0.6) is 5.75 Å². The summed E-state index contributed by atoms with van der Waals surface area (Å²) in [6.45, 7) is 0.0615. The second-order valence-electron chi connectivity index (χ2n) is 4.43. The zero-order chi connectivity index (χ0) is 13.7. The van der Waals surface area contributed by atoms with Gasteiger partial charge in [0.1, 0.15) is 5.75 Å². The molecule has 19 heavy (non-hydrogen) atoms. The third-order valence-corrected chi connectivity index (χ3v) is 2.86. The molecule has 1 N–H and O–H groups in total. The van der Waals surface area contributed by atoms with E-state index in [2.05, 4.69) is 5.32 Å². The lowest BCUT2D eigenvalue weighted by Crippen LogP contribution is -2.28. The second kappa shape index (κ2) is 6.14. The van der Waals surface area contributed by atoms with Crippen molar-refractivity contribution in [2.45, 2.75) is 25.1 Å². The van der Waals surface area contributed by atoms with E-state index >= 15 is 0 Å². The van der Waals surface area contributed by atoms with Gasteiger partial charge in [0.15, 0.2) is 6.61 Å². The van der Waals surface area contributed by atoms with Crippen LogP contribution in [-0.4, -0.2) is 32.0 Å². The van der Waals surface area contributed by atoms with E-state index < -0.39 is 12.8 Å². The highest BCUT2D eigenvalue weighted by atomic mass is 19.4. The summed E-state index contributed by atoms with van der Waals surface area (Å²) in [5.41, 5.74) is 0.596. The minimum absolute atomic E-state index is 0.212. The van der Waals surface area contributed by atoms with Crippen LogP contribution in [0.3, 0.4) is 0 Å². The number of halogens is 3. The molecule has 1 aromatic carbocycles. The molecule has 3 nitrogen and oxygen atoms in total. The fraction of sp³-hybridized carbons (Fsp3) is 0.538. The first-order valence-corrected chi connectivity index (χ1v) is 6.17. The van der Waals surface area contributed by atoms with Crippen LogP contribution >= 0.6 is 0 Å². The van der Waals surface area contributed by atoms with E-state index in [0.717, 1.165) is 12.8 Å². The van der Waals surface area contributed by atoms with Gasteiger partial charge in [-0.05, 0) is 25.0 Å². The lowest BCUT2D eigenvalue weighted by Gasteiger charge is -2.25. The molecular weight excluding hydrogens is 259 g/mol. The Hall–Kier alpha value is -1.43. The van der Waals surface area contributed by atoms with Crippen molar-refractivity contribution < 1.29 is 22.6 Å². The fourth-order valence-corrected chi connectivity index (χ4v) is 1.93. The average molecular weight is 275 g/mol. The Morgan fingerprint density at radius 2 is 1.89 bits per heavy atom.